The molecule has 12 heteroatoms. The number of rotatable bonds is 9. The summed E-state index contributed by atoms with van der Waals surface area (Å²) < 4.78 is 28.5. The Bertz CT molecular complexity index is 1430. The number of nitrogens with zero attached hydrogens (tertiary/aromatic N) is 2. The quantitative estimate of drug-likeness (QED) is 0.292. The first-order valence-electron chi connectivity index (χ1n) is 10.4. The number of carbonyl (C=O) groups is 1. The van der Waals surface area contributed by atoms with Gasteiger partial charge in [-0.15, -0.1) is 0 Å². The van der Waals surface area contributed by atoms with Gasteiger partial charge in [-0.2, -0.15) is 0 Å². The van der Waals surface area contributed by atoms with Gasteiger partial charge in [-0.25, -0.2) is 22.5 Å². The molecular formula is C23H19Cl3N4O4S. The fourth-order valence-corrected chi connectivity index (χ4v) is 5.88. The third-order valence-corrected chi connectivity index (χ3v) is 8.01. The molecule has 182 valence electrons. The van der Waals surface area contributed by atoms with Crippen LogP contribution in [0.1, 0.15) is 34.3 Å². The van der Waals surface area contributed by atoms with Crippen molar-refractivity contribution < 1.29 is 18.3 Å². The normalized spacial score (nSPS) is 13.3. The number of nitrogens with one attached hydrogen (secondary N) is 2. The zero-order valence-electron chi connectivity index (χ0n) is 18.0. The predicted molar refractivity (Wildman–Crippen MR) is 137 cm³/mol. The van der Waals surface area contributed by atoms with Crippen LogP contribution in [0.25, 0.3) is 0 Å². The van der Waals surface area contributed by atoms with Crippen LogP contribution in [0.15, 0.2) is 53.6 Å². The van der Waals surface area contributed by atoms with E-state index in [1.807, 2.05) is 0 Å². The molecule has 8 nitrogen and oxygen atoms in total. The predicted octanol–water partition coefficient (Wildman–Crippen LogP) is 5.71. The Morgan fingerprint density at radius 3 is 2.49 bits per heavy atom. The van der Waals surface area contributed by atoms with Crippen molar-refractivity contribution in [1.29, 1.82) is 5.41 Å². The van der Waals surface area contributed by atoms with Crippen molar-refractivity contribution in [2.45, 2.75) is 30.3 Å². The van der Waals surface area contributed by atoms with Gasteiger partial charge in [-0.1, -0.05) is 40.9 Å². The van der Waals surface area contributed by atoms with Gasteiger partial charge in [-0.05, 0) is 54.8 Å². The summed E-state index contributed by atoms with van der Waals surface area (Å²) in [6.07, 6.45) is 4.59. The molecule has 0 spiro atoms. The maximum Gasteiger partial charge on any atom is 0.335 e. The highest BCUT2D eigenvalue weighted by molar-refractivity contribution is 7.93. The summed E-state index contributed by atoms with van der Waals surface area (Å²) in [5, 5.41) is 20.3. The van der Waals surface area contributed by atoms with Gasteiger partial charge in [0.25, 0.3) is 10.0 Å². The van der Waals surface area contributed by atoms with Crippen LogP contribution in [0, 0.1) is 5.41 Å². The summed E-state index contributed by atoms with van der Waals surface area (Å²) in [4.78, 5) is 15.1. The zero-order valence-corrected chi connectivity index (χ0v) is 21.1. The smallest absolute Gasteiger partial charge is 0.335 e. The lowest BCUT2D eigenvalue weighted by Gasteiger charge is -2.25. The molecule has 4 rings (SSSR count). The highest BCUT2D eigenvalue weighted by Gasteiger charge is 2.31. The number of carboxylic acids is 1. The maximum atomic E-state index is 13.8. The van der Waals surface area contributed by atoms with Gasteiger partial charge in [0, 0.05) is 29.7 Å². The molecular weight excluding hydrogens is 535 g/mol. The fraction of sp³-hybridized carbons (Fsp3) is 0.174. The van der Waals surface area contributed by atoms with E-state index < -0.39 is 16.0 Å². The molecule has 0 amide bonds. The number of aromatic nitrogens is 1. The maximum absolute atomic E-state index is 13.8. The first-order valence-corrected chi connectivity index (χ1v) is 12.9. The van der Waals surface area contributed by atoms with E-state index in [1.54, 1.807) is 18.2 Å². The molecule has 1 aliphatic carbocycles. The van der Waals surface area contributed by atoms with Crippen LogP contribution >= 0.6 is 34.8 Å². The van der Waals surface area contributed by atoms with E-state index in [0.717, 1.165) is 41.0 Å². The highest BCUT2D eigenvalue weighted by Crippen LogP contribution is 2.35. The number of carboxylic acid groups (broad SMARTS) is 1. The first kappa shape index (κ1) is 25.2. The molecule has 1 fully saturated rings. The van der Waals surface area contributed by atoms with Crippen LogP contribution in [0.3, 0.4) is 0 Å². The van der Waals surface area contributed by atoms with E-state index in [9.17, 15) is 18.3 Å². The van der Waals surface area contributed by atoms with Gasteiger partial charge in [0.1, 0.15) is 4.90 Å². The third kappa shape index (κ3) is 5.54. The second kappa shape index (κ2) is 10.0. The van der Waals surface area contributed by atoms with Gasteiger partial charge in [0.2, 0.25) is 0 Å². The minimum Gasteiger partial charge on any atom is -0.478 e. The largest absolute Gasteiger partial charge is 0.478 e. The number of hydrogen-bond donors (Lipinski definition) is 3. The lowest BCUT2D eigenvalue weighted by Crippen LogP contribution is -2.32. The molecule has 0 unspecified atom stereocenters. The summed E-state index contributed by atoms with van der Waals surface area (Å²) in [5.74, 6) is -1.32. The van der Waals surface area contributed by atoms with Crippen LogP contribution in [0.2, 0.25) is 15.1 Å². The van der Waals surface area contributed by atoms with Crippen LogP contribution in [0.4, 0.5) is 11.5 Å². The van der Waals surface area contributed by atoms with Crippen molar-refractivity contribution in [3.63, 3.8) is 0 Å². The van der Waals surface area contributed by atoms with Gasteiger partial charge in [-0.3, -0.25) is 0 Å². The van der Waals surface area contributed by atoms with Crippen molar-refractivity contribution in [2.75, 3.05) is 9.62 Å². The Morgan fingerprint density at radius 2 is 1.89 bits per heavy atom. The highest BCUT2D eigenvalue weighted by atomic mass is 35.5. The Hall–Kier alpha value is -2.85. The molecule has 1 heterocycles. The molecule has 1 saturated carbocycles. The van der Waals surface area contributed by atoms with Crippen molar-refractivity contribution >= 4 is 68.5 Å². The Labute approximate surface area is 217 Å². The van der Waals surface area contributed by atoms with Gasteiger partial charge < -0.3 is 15.8 Å². The van der Waals surface area contributed by atoms with Crippen LogP contribution < -0.4 is 9.62 Å². The second-order valence-corrected chi connectivity index (χ2v) is 11.0. The molecule has 0 radical (unpaired) electrons. The molecule has 35 heavy (non-hydrogen) atoms. The molecule has 0 aliphatic heterocycles. The Morgan fingerprint density at radius 1 is 1.14 bits per heavy atom. The third-order valence-electron chi connectivity index (χ3n) is 5.31. The molecule has 0 bridgehead atoms. The lowest BCUT2D eigenvalue weighted by atomic mass is 10.1. The summed E-state index contributed by atoms with van der Waals surface area (Å²) in [5.41, 5.74) is 1.80. The van der Waals surface area contributed by atoms with E-state index in [4.69, 9.17) is 40.2 Å². The number of anilines is 2. The van der Waals surface area contributed by atoms with Crippen molar-refractivity contribution in [3.05, 3.63) is 80.4 Å². The molecule has 3 N–H and O–H groups in total. The standard InChI is InChI=1S/C23H19Cl3N4O4S/c24-16-9-19(26)22(28-11-16)30(35(33,34)21-6-2-14(23(31)32)8-18(21)25)12-13-1-5-20(15(7-13)10-27)29-17-3-4-17/h1-2,5-11,17,27,29H,3-4,12H2,(H,31,32). The average Bonchev–Trinajstić information content (AvgIpc) is 3.62. The Balaban J connectivity index is 1.79. The van der Waals surface area contributed by atoms with Gasteiger partial charge >= 0.3 is 5.97 Å². The first-order chi connectivity index (χ1) is 16.6. The van der Waals surface area contributed by atoms with Crippen molar-refractivity contribution in [2.24, 2.45) is 0 Å². The van der Waals surface area contributed by atoms with E-state index in [0.29, 0.717) is 17.2 Å². The SMILES string of the molecule is N=Cc1cc(CN(c2ncc(Cl)cc2Cl)S(=O)(=O)c2ccc(C(=O)O)cc2Cl)ccc1NC1CC1. The summed E-state index contributed by atoms with van der Waals surface area (Å²) in [7, 11) is -4.35. The topological polar surface area (TPSA) is 123 Å². The fourth-order valence-electron chi connectivity index (χ4n) is 3.40. The summed E-state index contributed by atoms with van der Waals surface area (Å²) in [6, 6.07) is 10.4. The second-order valence-electron chi connectivity index (χ2n) is 7.91. The Kier molecular flexibility index (Phi) is 7.23. The van der Waals surface area contributed by atoms with Gasteiger partial charge in [0.15, 0.2) is 5.82 Å². The molecule has 1 aromatic heterocycles. The molecule has 3 aromatic rings. The number of halogens is 3. The van der Waals surface area contributed by atoms with Crippen LogP contribution in [-0.4, -0.2) is 36.7 Å². The molecule has 0 atom stereocenters. The van der Waals surface area contributed by atoms with Crippen molar-refractivity contribution in [3.8, 4) is 0 Å². The zero-order chi connectivity index (χ0) is 25.3. The van der Waals surface area contributed by atoms with E-state index in [2.05, 4.69) is 10.3 Å². The number of hydrogen-bond acceptors (Lipinski definition) is 6. The number of pyridine rings is 1. The summed E-state index contributed by atoms with van der Waals surface area (Å²) in [6.45, 7) is -0.182. The summed E-state index contributed by atoms with van der Waals surface area (Å²) >= 11 is 18.5. The minimum atomic E-state index is -4.35. The number of aromatic carboxylic acids is 1. The van der Waals surface area contributed by atoms with Gasteiger partial charge in [0.05, 0.1) is 27.2 Å². The minimum absolute atomic E-state index is 0.00125. The monoisotopic (exact) mass is 552 g/mol. The van der Waals surface area contributed by atoms with Crippen molar-refractivity contribution in [1.82, 2.24) is 4.98 Å². The number of sulfonamides is 1. The van der Waals surface area contributed by atoms with E-state index in [1.165, 1.54) is 18.5 Å². The molecule has 0 saturated heterocycles. The molecule has 2 aromatic carbocycles. The number of benzene rings is 2. The van der Waals surface area contributed by atoms with E-state index in [-0.39, 0.29) is 37.9 Å². The average molecular weight is 554 g/mol. The lowest BCUT2D eigenvalue weighted by molar-refractivity contribution is 0.0696. The van der Waals surface area contributed by atoms with Crippen LogP contribution in [-0.2, 0) is 16.6 Å². The van der Waals surface area contributed by atoms with E-state index >= 15 is 0 Å². The molecule has 1 aliphatic rings. The van der Waals surface area contributed by atoms with Crippen LogP contribution in [0.5, 0.6) is 0 Å².